The smallest absolute Gasteiger partial charge is 0.0459 e. The van der Waals surface area contributed by atoms with Crippen molar-refractivity contribution in [3.63, 3.8) is 0 Å². The quantitative estimate of drug-likeness (QED) is 0.250. The fourth-order valence-corrected chi connectivity index (χ4v) is 6.21. The van der Waals surface area contributed by atoms with Crippen molar-refractivity contribution in [3.8, 4) is 0 Å². The van der Waals surface area contributed by atoms with Gasteiger partial charge in [0, 0.05) is 62.6 Å². The van der Waals surface area contributed by atoms with Crippen molar-refractivity contribution in [1.29, 1.82) is 0 Å². The van der Waals surface area contributed by atoms with E-state index in [2.05, 4.69) is 100 Å². The van der Waals surface area contributed by atoms with Gasteiger partial charge in [0.2, 0.25) is 0 Å². The molecule has 0 saturated carbocycles. The molecule has 0 unspecified atom stereocenters. The maximum Gasteiger partial charge on any atom is 0.0459 e. The number of aromatic amines is 3. The fourth-order valence-electron chi connectivity index (χ4n) is 6.21. The number of fused-ring (bicyclic) bond motifs is 5. The minimum atomic E-state index is 0.358. The molecule has 7 rings (SSSR count). The third kappa shape index (κ3) is 2.88. The van der Waals surface area contributed by atoms with E-state index in [0.29, 0.717) is 11.8 Å². The van der Waals surface area contributed by atoms with E-state index in [1.807, 2.05) is 0 Å². The lowest BCUT2D eigenvalue weighted by Gasteiger charge is -2.26. The Kier molecular flexibility index (Phi) is 4.23. The second-order valence-corrected chi connectivity index (χ2v) is 9.47. The number of hydrogen-bond acceptors (Lipinski definition) is 0. The Morgan fingerprint density at radius 3 is 1.73 bits per heavy atom. The summed E-state index contributed by atoms with van der Waals surface area (Å²) in [4.78, 5) is 11.0. The maximum atomic E-state index is 3.90. The molecular weight excluding hydrogens is 402 g/mol. The summed E-state index contributed by atoms with van der Waals surface area (Å²) in [5, 5.41) is 4.06. The van der Waals surface area contributed by atoms with E-state index in [4.69, 9.17) is 0 Å². The number of rotatable bonds is 2. The first-order valence-corrected chi connectivity index (χ1v) is 12.1. The van der Waals surface area contributed by atoms with E-state index in [1.165, 1.54) is 80.8 Å². The third-order valence-corrected chi connectivity index (χ3v) is 7.70. The standard InChI is InChI=1S/C30H27N3/c1-2-12-22(25-18-32-27-15-7-4-10-20(25)27)30-29(23-13-5-8-16-28(23)33-30)21(11-1)24-17-31-26-14-6-3-9-19(24)26/h3-10,13-18,21-22,31-33H,1-2,11-12H2/t21-,22+/m1/s1. The first-order chi connectivity index (χ1) is 16.4. The Morgan fingerprint density at radius 1 is 0.545 bits per heavy atom. The molecule has 3 aromatic carbocycles. The highest BCUT2D eigenvalue weighted by Crippen LogP contribution is 2.47. The van der Waals surface area contributed by atoms with Gasteiger partial charge in [0.25, 0.3) is 0 Å². The second-order valence-electron chi connectivity index (χ2n) is 9.47. The van der Waals surface area contributed by atoms with Crippen LogP contribution in [0.3, 0.4) is 0 Å². The van der Waals surface area contributed by atoms with Crippen molar-refractivity contribution in [2.24, 2.45) is 0 Å². The van der Waals surface area contributed by atoms with E-state index in [-0.39, 0.29) is 0 Å². The molecule has 3 aromatic heterocycles. The summed E-state index contributed by atoms with van der Waals surface area (Å²) in [5.41, 5.74) is 9.43. The fraction of sp³-hybridized carbons (Fsp3) is 0.200. The van der Waals surface area contributed by atoms with Gasteiger partial charge in [0.15, 0.2) is 0 Å². The zero-order valence-electron chi connectivity index (χ0n) is 18.6. The van der Waals surface area contributed by atoms with Crippen molar-refractivity contribution in [1.82, 2.24) is 15.0 Å². The Morgan fingerprint density at radius 2 is 1.06 bits per heavy atom. The van der Waals surface area contributed by atoms with Crippen LogP contribution in [0, 0.1) is 0 Å². The first-order valence-electron chi connectivity index (χ1n) is 12.1. The molecule has 2 atom stereocenters. The molecular formula is C30H27N3. The maximum absolute atomic E-state index is 3.90. The Balaban J connectivity index is 1.50. The van der Waals surface area contributed by atoms with E-state index in [1.54, 1.807) is 0 Å². The zero-order valence-corrected chi connectivity index (χ0v) is 18.6. The Hall–Kier alpha value is -3.72. The number of para-hydroxylation sites is 3. The number of H-pyrrole nitrogens is 3. The van der Waals surface area contributed by atoms with E-state index in [0.717, 1.165) is 0 Å². The molecule has 0 amide bonds. The number of benzene rings is 3. The molecule has 0 spiro atoms. The topological polar surface area (TPSA) is 47.4 Å². The molecule has 0 fully saturated rings. The Labute approximate surface area is 192 Å². The molecule has 6 aromatic rings. The number of nitrogens with one attached hydrogen (secondary N) is 3. The molecule has 1 aliphatic carbocycles. The van der Waals surface area contributed by atoms with Crippen LogP contribution in [0.25, 0.3) is 32.7 Å². The predicted octanol–water partition coefficient (Wildman–Crippen LogP) is 7.97. The molecule has 3 heterocycles. The van der Waals surface area contributed by atoms with Gasteiger partial charge in [-0.05, 0) is 47.7 Å². The molecule has 3 N–H and O–H groups in total. The van der Waals surface area contributed by atoms with Crippen molar-refractivity contribution >= 4 is 32.7 Å². The number of hydrogen-bond donors (Lipinski definition) is 3. The van der Waals surface area contributed by atoms with Gasteiger partial charge >= 0.3 is 0 Å². The van der Waals surface area contributed by atoms with Crippen molar-refractivity contribution in [3.05, 3.63) is 108 Å². The van der Waals surface area contributed by atoms with Crippen LogP contribution < -0.4 is 0 Å². The van der Waals surface area contributed by atoms with Gasteiger partial charge in [-0.3, -0.25) is 0 Å². The molecule has 162 valence electrons. The zero-order chi connectivity index (χ0) is 21.8. The highest BCUT2D eigenvalue weighted by atomic mass is 14.8. The molecule has 0 radical (unpaired) electrons. The average molecular weight is 430 g/mol. The lowest BCUT2D eigenvalue weighted by molar-refractivity contribution is 0.546. The molecule has 3 nitrogen and oxygen atoms in total. The van der Waals surface area contributed by atoms with Crippen LogP contribution in [0.5, 0.6) is 0 Å². The summed E-state index contributed by atoms with van der Waals surface area (Å²) in [7, 11) is 0. The van der Waals surface area contributed by atoms with Crippen LogP contribution in [0.2, 0.25) is 0 Å². The first kappa shape index (κ1) is 18.8. The minimum absolute atomic E-state index is 0.358. The highest BCUT2D eigenvalue weighted by molar-refractivity contribution is 5.90. The molecule has 0 aliphatic heterocycles. The third-order valence-electron chi connectivity index (χ3n) is 7.70. The van der Waals surface area contributed by atoms with Crippen LogP contribution in [0.4, 0.5) is 0 Å². The monoisotopic (exact) mass is 429 g/mol. The summed E-state index contributed by atoms with van der Waals surface area (Å²) >= 11 is 0. The van der Waals surface area contributed by atoms with E-state index < -0.39 is 0 Å². The van der Waals surface area contributed by atoms with Gasteiger partial charge in [-0.2, -0.15) is 0 Å². The van der Waals surface area contributed by atoms with E-state index >= 15 is 0 Å². The van der Waals surface area contributed by atoms with Crippen LogP contribution in [0.1, 0.15) is 59.9 Å². The van der Waals surface area contributed by atoms with Crippen LogP contribution in [-0.2, 0) is 0 Å². The summed E-state index contributed by atoms with van der Waals surface area (Å²) in [5.74, 6) is 0.733. The van der Waals surface area contributed by atoms with Gasteiger partial charge in [-0.25, -0.2) is 0 Å². The summed E-state index contributed by atoms with van der Waals surface area (Å²) in [6, 6.07) is 26.3. The largest absolute Gasteiger partial charge is 0.361 e. The lowest BCUT2D eigenvalue weighted by atomic mass is 9.77. The molecule has 33 heavy (non-hydrogen) atoms. The lowest BCUT2D eigenvalue weighted by Crippen LogP contribution is -2.12. The molecule has 0 bridgehead atoms. The van der Waals surface area contributed by atoms with Crippen LogP contribution in [0.15, 0.2) is 85.2 Å². The molecule has 1 aliphatic rings. The summed E-state index contributed by atoms with van der Waals surface area (Å²) < 4.78 is 0. The van der Waals surface area contributed by atoms with Crippen LogP contribution >= 0.6 is 0 Å². The summed E-state index contributed by atoms with van der Waals surface area (Å²) in [6.45, 7) is 0. The Bertz CT molecular complexity index is 1600. The number of aromatic nitrogens is 3. The second kappa shape index (κ2) is 7.41. The van der Waals surface area contributed by atoms with Crippen LogP contribution in [-0.4, -0.2) is 15.0 Å². The van der Waals surface area contributed by atoms with Gasteiger partial charge in [0.05, 0.1) is 0 Å². The summed E-state index contributed by atoms with van der Waals surface area (Å²) in [6.07, 6.45) is 9.31. The predicted molar refractivity (Wildman–Crippen MR) is 137 cm³/mol. The van der Waals surface area contributed by atoms with Gasteiger partial charge in [-0.15, -0.1) is 0 Å². The highest BCUT2D eigenvalue weighted by Gasteiger charge is 2.31. The van der Waals surface area contributed by atoms with Crippen molar-refractivity contribution in [2.75, 3.05) is 0 Å². The molecule has 0 saturated heterocycles. The minimum Gasteiger partial charge on any atom is -0.361 e. The normalized spacial score (nSPS) is 19.0. The SMILES string of the molecule is c1ccc2c([C@@H]3CCCC[C@H](c4c[nH]c5ccccc45)c4c3[nH]c3ccccc43)c[nH]c2c1. The van der Waals surface area contributed by atoms with Gasteiger partial charge in [0.1, 0.15) is 0 Å². The van der Waals surface area contributed by atoms with Gasteiger partial charge in [-0.1, -0.05) is 67.4 Å². The average Bonchev–Trinajstić information content (AvgIpc) is 3.56. The molecule has 3 heteroatoms. The van der Waals surface area contributed by atoms with E-state index in [9.17, 15) is 0 Å². The van der Waals surface area contributed by atoms with Gasteiger partial charge < -0.3 is 15.0 Å². The van der Waals surface area contributed by atoms with Crippen molar-refractivity contribution < 1.29 is 0 Å². The van der Waals surface area contributed by atoms with Crippen molar-refractivity contribution in [2.45, 2.75) is 37.5 Å².